The monoisotopic (exact) mass is 409 g/mol. The number of rotatable bonds is 6. The van der Waals surface area contributed by atoms with Crippen molar-refractivity contribution >= 4 is 43.1 Å². The van der Waals surface area contributed by atoms with Crippen LogP contribution in [0.25, 0.3) is 10.1 Å². The number of esters is 1. The fourth-order valence-electron chi connectivity index (χ4n) is 3.36. The van der Waals surface area contributed by atoms with Gasteiger partial charge in [0.2, 0.25) is 0 Å². The fraction of sp³-hybridized carbons (Fsp3) is 0.474. The van der Waals surface area contributed by atoms with E-state index in [9.17, 15) is 18.0 Å². The predicted octanol–water partition coefficient (Wildman–Crippen LogP) is 2.87. The topological polar surface area (TPSA) is 80.8 Å². The van der Waals surface area contributed by atoms with E-state index in [-0.39, 0.29) is 36.1 Å². The lowest BCUT2D eigenvalue weighted by molar-refractivity contribution is -0.138. The molecule has 2 heterocycles. The van der Waals surface area contributed by atoms with Gasteiger partial charge in [0.15, 0.2) is 16.4 Å². The Bertz CT molecular complexity index is 917. The van der Waals surface area contributed by atoms with Gasteiger partial charge in [-0.1, -0.05) is 25.1 Å². The van der Waals surface area contributed by atoms with E-state index in [0.29, 0.717) is 17.7 Å². The molecule has 146 valence electrons. The number of benzene rings is 1. The van der Waals surface area contributed by atoms with Gasteiger partial charge >= 0.3 is 5.97 Å². The molecule has 6 nitrogen and oxygen atoms in total. The number of carbonyl (C=O) groups excluding carboxylic acids is 2. The lowest BCUT2D eigenvalue weighted by Gasteiger charge is -2.33. The molecule has 0 bridgehead atoms. The summed E-state index contributed by atoms with van der Waals surface area (Å²) < 4.78 is 29.8. The normalized spacial score (nSPS) is 19.7. The Hall–Kier alpha value is -1.93. The highest BCUT2D eigenvalue weighted by Crippen LogP contribution is 2.26. The first-order chi connectivity index (χ1) is 12.8. The second-order valence-electron chi connectivity index (χ2n) is 6.84. The molecule has 1 aliphatic rings. The summed E-state index contributed by atoms with van der Waals surface area (Å²) in [5.41, 5.74) is 0. The maximum Gasteiger partial charge on any atom is 0.348 e. The number of sulfone groups is 1. The third-order valence-electron chi connectivity index (χ3n) is 4.91. The molecule has 2 atom stereocenters. The van der Waals surface area contributed by atoms with Gasteiger partial charge in [-0.3, -0.25) is 4.79 Å². The van der Waals surface area contributed by atoms with Crippen LogP contribution in [0.3, 0.4) is 0 Å². The summed E-state index contributed by atoms with van der Waals surface area (Å²) in [5.74, 6) is -0.805. The predicted molar refractivity (Wildman–Crippen MR) is 106 cm³/mol. The summed E-state index contributed by atoms with van der Waals surface area (Å²) in [6.07, 6.45) is 1.13. The summed E-state index contributed by atoms with van der Waals surface area (Å²) in [5, 5.41) is 0.957. The molecule has 0 spiro atoms. The minimum Gasteiger partial charge on any atom is -0.451 e. The maximum atomic E-state index is 12.7. The van der Waals surface area contributed by atoms with Crippen molar-refractivity contribution in [2.45, 2.75) is 38.8 Å². The van der Waals surface area contributed by atoms with E-state index in [4.69, 9.17) is 4.74 Å². The molecular weight excluding hydrogens is 386 g/mol. The van der Waals surface area contributed by atoms with Crippen molar-refractivity contribution in [3.8, 4) is 0 Å². The first kappa shape index (κ1) is 19.8. The van der Waals surface area contributed by atoms with Crippen molar-refractivity contribution in [3.05, 3.63) is 35.2 Å². The van der Waals surface area contributed by atoms with E-state index in [1.54, 1.807) is 11.0 Å². The summed E-state index contributed by atoms with van der Waals surface area (Å²) >= 11 is 1.32. The third-order valence-corrected chi connectivity index (χ3v) is 7.76. The Morgan fingerprint density at radius 1 is 1.33 bits per heavy atom. The van der Waals surface area contributed by atoms with E-state index < -0.39 is 15.8 Å². The minimum atomic E-state index is -3.10. The molecule has 0 radical (unpaired) electrons. The second-order valence-corrected chi connectivity index (χ2v) is 10.2. The number of thiophene rings is 1. The van der Waals surface area contributed by atoms with Gasteiger partial charge < -0.3 is 9.64 Å². The molecule has 0 N–H and O–H groups in total. The molecule has 8 heteroatoms. The zero-order valence-electron chi connectivity index (χ0n) is 15.4. The first-order valence-corrected chi connectivity index (χ1v) is 11.6. The van der Waals surface area contributed by atoms with Gasteiger partial charge in [-0.15, -0.1) is 11.3 Å². The van der Waals surface area contributed by atoms with Crippen molar-refractivity contribution in [2.75, 3.05) is 18.1 Å². The Morgan fingerprint density at radius 2 is 2.07 bits per heavy atom. The number of hydrogen-bond donors (Lipinski definition) is 0. The van der Waals surface area contributed by atoms with Crippen LogP contribution in [0.1, 0.15) is 36.4 Å². The molecule has 0 unspecified atom stereocenters. The Balaban J connectivity index is 1.67. The molecule has 1 amide bonds. The van der Waals surface area contributed by atoms with E-state index in [1.165, 1.54) is 11.3 Å². The van der Waals surface area contributed by atoms with Crippen LogP contribution >= 0.6 is 11.3 Å². The summed E-state index contributed by atoms with van der Waals surface area (Å²) in [6.45, 7) is 3.45. The van der Waals surface area contributed by atoms with Crippen molar-refractivity contribution in [1.82, 2.24) is 4.90 Å². The minimum absolute atomic E-state index is 0.0205. The van der Waals surface area contributed by atoms with E-state index in [0.717, 1.165) is 10.1 Å². The number of carbonyl (C=O) groups is 2. The van der Waals surface area contributed by atoms with Crippen molar-refractivity contribution in [1.29, 1.82) is 0 Å². The zero-order chi connectivity index (χ0) is 19.6. The van der Waals surface area contributed by atoms with Gasteiger partial charge in [-0.2, -0.15) is 0 Å². The molecule has 1 aromatic heterocycles. The maximum absolute atomic E-state index is 12.7. The van der Waals surface area contributed by atoms with Crippen molar-refractivity contribution in [3.63, 3.8) is 0 Å². The van der Waals surface area contributed by atoms with Gasteiger partial charge in [0, 0.05) is 16.8 Å². The van der Waals surface area contributed by atoms with Gasteiger partial charge in [-0.25, -0.2) is 13.2 Å². The number of fused-ring (bicyclic) bond motifs is 1. The SMILES string of the molecule is CC[C@@H](C)N(C(=O)COC(=O)c1cc2ccccc2s1)[C@H]1CCS(=O)(=O)C1. The number of ether oxygens (including phenoxy) is 1. The second kappa shape index (κ2) is 7.98. The molecule has 0 aliphatic carbocycles. The highest BCUT2D eigenvalue weighted by Gasteiger charge is 2.36. The number of amides is 1. The van der Waals surface area contributed by atoms with Gasteiger partial charge in [0.1, 0.15) is 4.88 Å². The van der Waals surface area contributed by atoms with Crippen LogP contribution in [-0.4, -0.2) is 55.4 Å². The van der Waals surface area contributed by atoms with E-state index >= 15 is 0 Å². The van der Waals surface area contributed by atoms with Crippen LogP contribution in [-0.2, 0) is 19.4 Å². The van der Waals surface area contributed by atoms with E-state index in [2.05, 4.69) is 0 Å². The molecule has 1 aromatic carbocycles. The van der Waals surface area contributed by atoms with E-state index in [1.807, 2.05) is 38.1 Å². The fourth-order valence-corrected chi connectivity index (χ4v) is 6.02. The van der Waals surface area contributed by atoms with Crippen molar-refractivity contribution < 1.29 is 22.7 Å². The molecule has 0 saturated carbocycles. The van der Waals surface area contributed by atoms with Gasteiger partial charge in [0.25, 0.3) is 5.91 Å². The Kier molecular flexibility index (Phi) is 5.86. The summed E-state index contributed by atoms with van der Waals surface area (Å²) in [7, 11) is -3.10. The Morgan fingerprint density at radius 3 is 2.70 bits per heavy atom. The highest BCUT2D eigenvalue weighted by atomic mass is 32.2. The van der Waals surface area contributed by atoms with Crippen LogP contribution in [0.15, 0.2) is 30.3 Å². The lowest BCUT2D eigenvalue weighted by atomic mass is 10.1. The molecule has 1 saturated heterocycles. The molecule has 27 heavy (non-hydrogen) atoms. The zero-order valence-corrected chi connectivity index (χ0v) is 17.0. The van der Waals surface area contributed by atoms with Crippen LogP contribution in [0.4, 0.5) is 0 Å². The number of nitrogens with zero attached hydrogens (tertiary/aromatic N) is 1. The van der Waals surface area contributed by atoms with Crippen LogP contribution in [0.2, 0.25) is 0 Å². The van der Waals surface area contributed by atoms with Gasteiger partial charge in [0.05, 0.1) is 11.5 Å². The summed E-state index contributed by atoms with van der Waals surface area (Å²) in [6, 6.07) is 8.93. The quantitative estimate of drug-likeness (QED) is 0.686. The molecular formula is C19H23NO5S2. The van der Waals surface area contributed by atoms with Crippen molar-refractivity contribution in [2.24, 2.45) is 0 Å². The molecule has 3 rings (SSSR count). The average Bonchev–Trinajstić information content (AvgIpc) is 3.22. The Labute approximate surface area is 163 Å². The average molecular weight is 410 g/mol. The highest BCUT2D eigenvalue weighted by molar-refractivity contribution is 7.91. The van der Waals surface area contributed by atoms with Crippen LogP contribution in [0.5, 0.6) is 0 Å². The largest absolute Gasteiger partial charge is 0.451 e. The van der Waals surface area contributed by atoms with Crippen LogP contribution < -0.4 is 0 Å². The van der Waals surface area contributed by atoms with Gasteiger partial charge in [-0.05, 0) is 37.3 Å². The lowest BCUT2D eigenvalue weighted by Crippen LogP contribution is -2.48. The molecule has 2 aromatic rings. The number of hydrogen-bond acceptors (Lipinski definition) is 6. The smallest absolute Gasteiger partial charge is 0.348 e. The standard InChI is InChI=1S/C19H23NO5S2/c1-3-13(2)20(15-8-9-27(23,24)12-15)18(21)11-25-19(22)17-10-14-6-4-5-7-16(14)26-17/h4-7,10,13,15H,3,8-9,11-12H2,1-2H3/t13-,15+/m1/s1. The molecule has 1 fully saturated rings. The molecule has 1 aliphatic heterocycles. The third kappa shape index (κ3) is 4.50. The summed E-state index contributed by atoms with van der Waals surface area (Å²) in [4.78, 5) is 27.1. The van der Waals surface area contributed by atoms with Crippen LogP contribution in [0, 0.1) is 0 Å². The first-order valence-electron chi connectivity index (χ1n) is 8.98.